The van der Waals surface area contributed by atoms with E-state index in [9.17, 15) is 4.79 Å². The second-order valence-corrected chi connectivity index (χ2v) is 5.49. The number of hydrogen-bond acceptors (Lipinski definition) is 4. The molecule has 0 fully saturated rings. The molecule has 5 nitrogen and oxygen atoms in total. The minimum Gasteiger partial charge on any atom is -0.444 e. The zero-order valence-electron chi connectivity index (χ0n) is 12.7. The Labute approximate surface area is 120 Å². The molecule has 112 valence electrons. The number of hydrogen-bond donors (Lipinski definition) is 2. The number of nitrogens with one attached hydrogen (secondary N) is 2. The molecule has 0 aliphatic carbocycles. The molecule has 0 unspecified atom stereocenters. The molecule has 5 heteroatoms. The molecule has 0 saturated carbocycles. The molecule has 1 rings (SSSR count). The van der Waals surface area contributed by atoms with E-state index in [1.165, 1.54) is 0 Å². The lowest BCUT2D eigenvalue weighted by Gasteiger charge is -2.19. The van der Waals surface area contributed by atoms with Gasteiger partial charge in [-0.3, -0.25) is 5.32 Å². The van der Waals surface area contributed by atoms with Crippen LogP contribution in [0.15, 0.2) is 24.3 Å². The minimum atomic E-state index is -0.491. The minimum absolute atomic E-state index is 0.441. The first-order valence-corrected chi connectivity index (χ1v) is 6.69. The Morgan fingerprint density at radius 3 is 2.40 bits per heavy atom. The zero-order chi connectivity index (χ0) is 15.0. The molecule has 0 radical (unpaired) electrons. The van der Waals surface area contributed by atoms with Gasteiger partial charge in [-0.2, -0.15) is 0 Å². The van der Waals surface area contributed by atoms with Crippen LogP contribution in [0.3, 0.4) is 0 Å². The highest BCUT2D eigenvalue weighted by Crippen LogP contribution is 2.12. The summed E-state index contributed by atoms with van der Waals surface area (Å²) in [5.41, 5.74) is 1.38. The van der Waals surface area contributed by atoms with Crippen LogP contribution in [0.4, 0.5) is 10.5 Å². The summed E-state index contributed by atoms with van der Waals surface area (Å²) in [6.07, 6.45) is -0.441. The molecule has 1 aromatic rings. The Morgan fingerprint density at radius 1 is 1.20 bits per heavy atom. The monoisotopic (exact) mass is 280 g/mol. The summed E-state index contributed by atoms with van der Waals surface area (Å²) in [5, 5.41) is 5.96. The lowest BCUT2D eigenvalue weighted by molar-refractivity contribution is 0.0636. The zero-order valence-corrected chi connectivity index (χ0v) is 12.7. The average Bonchev–Trinajstić information content (AvgIpc) is 2.34. The number of methoxy groups -OCH3 is 1. The average molecular weight is 280 g/mol. The smallest absolute Gasteiger partial charge is 0.412 e. The van der Waals surface area contributed by atoms with Gasteiger partial charge in [0.2, 0.25) is 0 Å². The molecule has 2 N–H and O–H groups in total. The van der Waals surface area contributed by atoms with Gasteiger partial charge >= 0.3 is 6.09 Å². The first-order chi connectivity index (χ1) is 9.40. The van der Waals surface area contributed by atoms with Crippen molar-refractivity contribution >= 4 is 11.8 Å². The van der Waals surface area contributed by atoms with Gasteiger partial charge in [-0.1, -0.05) is 12.1 Å². The van der Waals surface area contributed by atoms with Crippen LogP contribution in [0.1, 0.15) is 26.3 Å². The van der Waals surface area contributed by atoms with Crippen LogP contribution in [-0.2, 0) is 16.0 Å². The van der Waals surface area contributed by atoms with Gasteiger partial charge in [0.25, 0.3) is 0 Å². The molecule has 0 spiro atoms. The molecule has 0 aliphatic heterocycles. The van der Waals surface area contributed by atoms with E-state index in [2.05, 4.69) is 10.6 Å². The normalized spacial score (nSPS) is 11.2. The molecule has 20 heavy (non-hydrogen) atoms. The van der Waals surface area contributed by atoms with Gasteiger partial charge in [0.15, 0.2) is 0 Å². The predicted octanol–water partition coefficient (Wildman–Crippen LogP) is 2.77. The number of amides is 1. The van der Waals surface area contributed by atoms with E-state index >= 15 is 0 Å². The Morgan fingerprint density at radius 2 is 1.85 bits per heavy atom. The molecular formula is C15H24N2O3. The Hall–Kier alpha value is -1.59. The molecule has 0 heterocycles. The Kier molecular flexibility index (Phi) is 6.48. The summed E-state index contributed by atoms with van der Waals surface area (Å²) >= 11 is 0. The lowest BCUT2D eigenvalue weighted by Crippen LogP contribution is -2.27. The van der Waals surface area contributed by atoms with E-state index in [0.717, 1.165) is 24.3 Å². The van der Waals surface area contributed by atoms with Crippen LogP contribution >= 0.6 is 0 Å². The van der Waals surface area contributed by atoms with Crippen LogP contribution in [-0.4, -0.2) is 32.0 Å². The number of carbonyl (C=O) groups is 1. The highest BCUT2D eigenvalue weighted by molar-refractivity contribution is 5.84. The predicted molar refractivity (Wildman–Crippen MR) is 79.9 cm³/mol. The fourth-order valence-corrected chi connectivity index (χ4v) is 1.53. The summed E-state index contributed by atoms with van der Waals surface area (Å²) in [5.74, 6) is 0. The van der Waals surface area contributed by atoms with Gasteiger partial charge in [0.05, 0.1) is 6.61 Å². The number of anilines is 1. The summed E-state index contributed by atoms with van der Waals surface area (Å²) in [4.78, 5) is 11.6. The SMILES string of the molecule is COCCNCc1ccc(NC(=O)OC(C)(C)C)cc1. The van der Waals surface area contributed by atoms with Crippen LogP contribution in [0, 0.1) is 0 Å². The summed E-state index contributed by atoms with van der Waals surface area (Å²) in [7, 11) is 1.68. The number of ether oxygens (including phenoxy) is 2. The van der Waals surface area contributed by atoms with Gasteiger partial charge in [-0.15, -0.1) is 0 Å². The van der Waals surface area contributed by atoms with Crippen molar-refractivity contribution in [3.8, 4) is 0 Å². The molecule has 1 amide bonds. The van der Waals surface area contributed by atoms with Gasteiger partial charge in [-0.05, 0) is 38.5 Å². The summed E-state index contributed by atoms with van der Waals surface area (Å²) in [6.45, 7) is 7.78. The first-order valence-electron chi connectivity index (χ1n) is 6.69. The quantitative estimate of drug-likeness (QED) is 0.787. The van der Waals surface area contributed by atoms with E-state index in [0.29, 0.717) is 6.61 Å². The Balaban J connectivity index is 2.40. The lowest BCUT2D eigenvalue weighted by atomic mass is 10.2. The van der Waals surface area contributed by atoms with Gasteiger partial charge in [0, 0.05) is 25.9 Å². The van der Waals surface area contributed by atoms with Crippen LogP contribution in [0.25, 0.3) is 0 Å². The maximum atomic E-state index is 11.6. The third-order valence-corrected chi connectivity index (χ3v) is 2.41. The second kappa shape index (κ2) is 7.87. The third kappa shape index (κ3) is 7.11. The summed E-state index contributed by atoms with van der Waals surface area (Å²) < 4.78 is 10.1. The molecule has 0 atom stereocenters. The fourth-order valence-electron chi connectivity index (χ4n) is 1.53. The van der Waals surface area contributed by atoms with E-state index < -0.39 is 11.7 Å². The number of carbonyl (C=O) groups excluding carboxylic acids is 1. The molecule has 0 saturated heterocycles. The van der Waals surface area contributed by atoms with Crippen molar-refractivity contribution in [3.63, 3.8) is 0 Å². The third-order valence-electron chi connectivity index (χ3n) is 2.41. The largest absolute Gasteiger partial charge is 0.444 e. The fraction of sp³-hybridized carbons (Fsp3) is 0.533. The topological polar surface area (TPSA) is 59.6 Å². The molecule has 0 aliphatic rings. The molecule has 1 aromatic carbocycles. The molecular weight excluding hydrogens is 256 g/mol. The van der Waals surface area contributed by atoms with E-state index in [4.69, 9.17) is 9.47 Å². The van der Waals surface area contributed by atoms with Gasteiger partial charge in [0.1, 0.15) is 5.60 Å². The maximum Gasteiger partial charge on any atom is 0.412 e. The van der Waals surface area contributed by atoms with Gasteiger partial charge in [-0.25, -0.2) is 4.79 Å². The Bertz CT molecular complexity index is 410. The van der Waals surface area contributed by atoms with E-state index in [1.54, 1.807) is 7.11 Å². The van der Waals surface area contributed by atoms with E-state index in [-0.39, 0.29) is 0 Å². The van der Waals surface area contributed by atoms with Crippen molar-refractivity contribution in [1.29, 1.82) is 0 Å². The number of rotatable bonds is 6. The standard InChI is InChI=1S/C15H24N2O3/c1-15(2,3)20-14(18)17-13-7-5-12(6-8-13)11-16-9-10-19-4/h5-8,16H,9-11H2,1-4H3,(H,17,18). The molecule has 0 bridgehead atoms. The maximum absolute atomic E-state index is 11.6. The highest BCUT2D eigenvalue weighted by Gasteiger charge is 2.15. The van der Waals surface area contributed by atoms with Crippen LogP contribution in [0.5, 0.6) is 0 Å². The molecule has 0 aromatic heterocycles. The highest BCUT2D eigenvalue weighted by atomic mass is 16.6. The van der Waals surface area contributed by atoms with Crippen molar-refractivity contribution in [3.05, 3.63) is 29.8 Å². The number of benzene rings is 1. The first kappa shape index (κ1) is 16.5. The van der Waals surface area contributed by atoms with Crippen molar-refractivity contribution in [1.82, 2.24) is 5.32 Å². The van der Waals surface area contributed by atoms with Crippen LogP contribution < -0.4 is 10.6 Å². The summed E-state index contributed by atoms with van der Waals surface area (Å²) in [6, 6.07) is 7.65. The van der Waals surface area contributed by atoms with Crippen molar-refractivity contribution < 1.29 is 14.3 Å². The van der Waals surface area contributed by atoms with Gasteiger partial charge < -0.3 is 14.8 Å². The van der Waals surface area contributed by atoms with Crippen molar-refractivity contribution in [2.75, 3.05) is 25.6 Å². The van der Waals surface area contributed by atoms with Crippen LogP contribution in [0.2, 0.25) is 0 Å². The van der Waals surface area contributed by atoms with Crippen molar-refractivity contribution in [2.24, 2.45) is 0 Å². The van der Waals surface area contributed by atoms with E-state index in [1.807, 2.05) is 45.0 Å². The van der Waals surface area contributed by atoms with Crippen molar-refractivity contribution in [2.45, 2.75) is 32.9 Å². The second-order valence-electron chi connectivity index (χ2n) is 5.49.